The maximum Gasteiger partial charge on any atom is 0.227 e. The lowest BCUT2D eigenvalue weighted by Gasteiger charge is -2.36. The number of rotatable bonds is 11. The number of aromatic nitrogens is 4. The Kier molecular flexibility index (Phi) is 9.33. The van der Waals surface area contributed by atoms with Crippen molar-refractivity contribution in [2.75, 3.05) is 23.8 Å². The number of benzene rings is 1. The summed E-state index contributed by atoms with van der Waals surface area (Å²) in [6.07, 6.45) is 15.9. The Morgan fingerprint density at radius 2 is 1.73 bits per heavy atom. The Balaban J connectivity index is 1.14. The van der Waals surface area contributed by atoms with E-state index in [0.717, 1.165) is 81.4 Å². The molecule has 0 amide bonds. The average Bonchev–Trinajstić information content (AvgIpc) is 3.68. The first kappa shape index (κ1) is 28.4. The second kappa shape index (κ2) is 13.5. The smallest absolute Gasteiger partial charge is 0.227 e. The minimum atomic E-state index is 0.301. The summed E-state index contributed by atoms with van der Waals surface area (Å²) in [5, 5.41) is 5.96. The standard InChI is InChI=1S/C32H48N8O/c1-2-8-28(41-21-23-9-4-3-5-10-23)24-17-19-39(20-18-24)38-30-29-31(40(22-34-29)27-11-6-7-12-27)37-32(36-30)35-26-15-13-25(33)14-16-26/h3-5,9-10,22,24-28H,2,6-8,11-21,33H2,1H3,(H2,35,36,37,38)/t25-,26-,28?. The third kappa shape index (κ3) is 7.01. The molecule has 9 nitrogen and oxygen atoms in total. The van der Waals surface area contributed by atoms with Gasteiger partial charge in [0.2, 0.25) is 5.95 Å². The predicted octanol–water partition coefficient (Wildman–Crippen LogP) is 6.05. The predicted molar refractivity (Wildman–Crippen MR) is 165 cm³/mol. The lowest BCUT2D eigenvalue weighted by atomic mass is 9.89. The number of hydrogen-bond acceptors (Lipinski definition) is 8. The summed E-state index contributed by atoms with van der Waals surface area (Å²) < 4.78 is 8.77. The van der Waals surface area contributed by atoms with E-state index in [1.54, 1.807) is 0 Å². The van der Waals surface area contributed by atoms with E-state index in [9.17, 15) is 0 Å². The molecule has 1 aliphatic heterocycles. The number of ether oxygens (including phenoxy) is 1. The maximum atomic E-state index is 6.48. The molecule has 9 heteroatoms. The molecule has 1 atom stereocenters. The zero-order valence-corrected chi connectivity index (χ0v) is 24.7. The van der Waals surface area contributed by atoms with Gasteiger partial charge >= 0.3 is 0 Å². The lowest BCUT2D eigenvalue weighted by Crippen LogP contribution is -2.41. The van der Waals surface area contributed by atoms with E-state index in [0.29, 0.717) is 42.7 Å². The minimum Gasteiger partial charge on any atom is -0.373 e. The third-order valence-corrected chi connectivity index (χ3v) is 9.45. The zero-order valence-electron chi connectivity index (χ0n) is 24.7. The van der Waals surface area contributed by atoms with Crippen LogP contribution < -0.4 is 16.5 Å². The van der Waals surface area contributed by atoms with Crippen molar-refractivity contribution in [1.29, 1.82) is 0 Å². The maximum absolute atomic E-state index is 6.48. The first-order chi connectivity index (χ1) is 20.2. The number of nitrogens with zero attached hydrogens (tertiary/aromatic N) is 5. The lowest BCUT2D eigenvalue weighted by molar-refractivity contribution is -0.0222. The van der Waals surface area contributed by atoms with E-state index < -0.39 is 0 Å². The van der Waals surface area contributed by atoms with Gasteiger partial charge in [0, 0.05) is 31.2 Å². The van der Waals surface area contributed by atoms with Crippen LogP contribution in [0.2, 0.25) is 0 Å². The highest BCUT2D eigenvalue weighted by Crippen LogP contribution is 2.34. The summed E-state index contributed by atoms with van der Waals surface area (Å²) >= 11 is 0. The van der Waals surface area contributed by atoms with Crippen LogP contribution in [0, 0.1) is 5.92 Å². The highest BCUT2D eigenvalue weighted by Gasteiger charge is 2.29. The molecule has 222 valence electrons. The van der Waals surface area contributed by atoms with E-state index in [1.807, 2.05) is 6.33 Å². The number of anilines is 2. The molecule has 2 aliphatic carbocycles. The third-order valence-electron chi connectivity index (χ3n) is 9.45. The number of nitrogens with two attached hydrogens (primary N) is 1. The highest BCUT2D eigenvalue weighted by molar-refractivity contribution is 5.84. The van der Waals surface area contributed by atoms with Crippen LogP contribution in [0.15, 0.2) is 36.7 Å². The van der Waals surface area contributed by atoms with Crippen LogP contribution in [0.4, 0.5) is 11.8 Å². The second-order valence-corrected chi connectivity index (χ2v) is 12.5. The molecule has 1 saturated heterocycles. The van der Waals surface area contributed by atoms with Gasteiger partial charge in [0.1, 0.15) is 0 Å². The molecular formula is C32H48N8O. The largest absolute Gasteiger partial charge is 0.373 e. The average molecular weight is 561 g/mol. The molecule has 1 unspecified atom stereocenters. The van der Waals surface area contributed by atoms with Crippen molar-refractivity contribution in [3.63, 3.8) is 0 Å². The number of nitrogens with one attached hydrogen (secondary N) is 2. The van der Waals surface area contributed by atoms with Gasteiger partial charge in [-0.1, -0.05) is 56.5 Å². The van der Waals surface area contributed by atoms with E-state index in [2.05, 4.69) is 57.6 Å². The SMILES string of the molecule is CCCC(OCc1ccccc1)C1CCN(Nc2nc(N[C@H]3CC[C@H](N)CC3)nc3c2ncn3C2CCCC2)CC1. The molecule has 3 heterocycles. The van der Waals surface area contributed by atoms with Crippen LogP contribution in [0.1, 0.15) is 95.6 Å². The monoisotopic (exact) mass is 560 g/mol. The minimum absolute atomic E-state index is 0.301. The fourth-order valence-electron chi connectivity index (χ4n) is 7.00. The topological polar surface area (TPSA) is 106 Å². The fraction of sp³-hybridized carbons (Fsp3) is 0.656. The number of imidazole rings is 1. The molecule has 6 rings (SSSR count). The number of hydrazine groups is 1. The molecule has 0 bridgehead atoms. The Morgan fingerprint density at radius 3 is 2.46 bits per heavy atom. The van der Waals surface area contributed by atoms with Crippen LogP contribution in [0.3, 0.4) is 0 Å². The van der Waals surface area contributed by atoms with Gasteiger partial charge < -0.3 is 25.8 Å². The van der Waals surface area contributed by atoms with Gasteiger partial charge in [-0.3, -0.25) is 0 Å². The summed E-state index contributed by atoms with van der Waals surface area (Å²) in [4.78, 5) is 14.8. The van der Waals surface area contributed by atoms with E-state index in [4.69, 9.17) is 25.4 Å². The molecule has 4 N–H and O–H groups in total. The Bertz CT molecular complexity index is 1230. The fourth-order valence-corrected chi connectivity index (χ4v) is 7.00. The zero-order chi connectivity index (χ0) is 28.0. The first-order valence-corrected chi connectivity index (χ1v) is 16.1. The van der Waals surface area contributed by atoms with E-state index >= 15 is 0 Å². The Morgan fingerprint density at radius 1 is 0.976 bits per heavy atom. The molecule has 0 spiro atoms. The molecular weight excluding hydrogens is 512 g/mol. The van der Waals surface area contributed by atoms with Crippen molar-refractivity contribution in [3.05, 3.63) is 42.2 Å². The van der Waals surface area contributed by atoms with Gasteiger partial charge in [0.15, 0.2) is 17.0 Å². The Hall–Kier alpha value is -2.75. The Labute approximate surface area is 244 Å². The number of hydrogen-bond donors (Lipinski definition) is 3. The summed E-state index contributed by atoms with van der Waals surface area (Å²) in [5.41, 5.74) is 12.9. The molecule has 2 aromatic heterocycles. The van der Waals surface area contributed by atoms with E-state index in [-0.39, 0.29) is 0 Å². The molecule has 0 radical (unpaired) electrons. The normalized spacial score (nSPS) is 23.7. The molecule has 41 heavy (non-hydrogen) atoms. The van der Waals surface area contributed by atoms with Crippen LogP contribution in [0.25, 0.3) is 11.2 Å². The molecule has 3 fully saturated rings. The van der Waals surface area contributed by atoms with Crippen LogP contribution in [0.5, 0.6) is 0 Å². The van der Waals surface area contributed by atoms with Gasteiger partial charge in [-0.05, 0) is 69.3 Å². The second-order valence-electron chi connectivity index (χ2n) is 12.5. The van der Waals surface area contributed by atoms with Crippen molar-refractivity contribution < 1.29 is 4.74 Å². The van der Waals surface area contributed by atoms with Crippen molar-refractivity contribution in [3.8, 4) is 0 Å². The van der Waals surface area contributed by atoms with Gasteiger partial charge in [0.05, 0.1) is 19.0 Å². The van der Waals surface area contributed by atoms with E-state index in [1.165, 1.54) is 31.2 Å². The first-order valence-electron chi connectivity index (χ1n) is 16.1. The van der Waals surface area contributed by atoms with Crippen LogP contribution in [-0.2, 0) is 11.3 Å². The molecule has 1 aromatic carbocycles. The van der Waals surface area contributed by atoms with Crippen LogP contribution in [-0.4, -0.2) is 55.8 Å². The molecule has 2 saturated carbocycles. The van der Waals surface area contributed by atoms with Gasteiger partial charge in [-0.25, -0.2) is 9.99 Å². The summed E-state index contributed by atoms with van der Waals surface area (Å²) in [7, 11) is 0. The molecule has 3 aliphatic rings. The molecule has 3 aromatic rings. The van der Waals surface area contributed by atoms with Crippen molar-refractivity contribution in [2.24, 2.45) is 11.7 Å². The van der Waals surface area contributed by atoms with Crippen molar-refractivity contribution >= 4 is 22.9 Å². The quantitative estimate of drug-likeness (QED) is 0.260. The summed E-state index contributed by atoms with van der Waals surface area (Å²) in [5.74, 6) is 2.08. The van der Waals surface area contributed by atoms with Crippen LogP contribution >= 0.6 is 0 Å². The van der Waals surface area contributed by atoms with Crippen molar-refractivity contribution in [2.45, 2.75) is 115 Å². The van der Waals surface area contributed by atoms with Gasteiger partial charge in [0.25, 0.3) is 0 Å². The van der Waals surface area contributed by atoms with Crippen molar-refractivity contribution in [1.82, 2.24) is 24.5 Å². The van der Waals surface area contributed by atoms with Gasteiger partial charge in [-0.2, -0.15) is 9.97 Å². The number of piperidine rings is 1. The highest BCUT2D eigenvalue weighted by atomic mass is 16.5. The summed E-state index contributed by atoms with van der Waals surface area (Å²) in [6.45, 7) is 4.86. The van der Waals surface area contributed by atoms with Gasteiger partial charge in [-0.15, -0.1) is 0 Å². The number of fused-ring (bicyclic) bond motifs is 1. The summed E-state index contributed by atoms with van der Waals surface area (Å²) in [6, 6.07) is 11.7.